The summed E-state index contributed by atoms with van der Waals surface area (Å²) in [4.78, 5) is 24.5. The van der Waals surface area contributed by atoms with Crippen LogP contribution in [0.1, 0.15) is 38.1 Å². The lowest BCUT2D eigenvalue weighted by molar-refractivity contribution is -0.384. The van der Waals surface area contributed by atoms with Crippen LogP contribution in [-0.2, 0) is 0 Å². The summed E-state index contributed by atoms with van der Waals surface area (Å²) in [6, 6.07) is 4.37. The van der Waals surface area contributed by atoms with E-state index in [0.717, 1.165) is 0 Å². The highest BCUT2D eigenvalue weighted by atomic mass is 127. The number of halogens is 1. The van der Waals surface area contributed by atoms with Crippen molar-refractivity contribution in [2.24, 2.45) is 5.41 Å². The number of nitro groups is 1. The minimum atomic E-state index is -0.486. The van der Waals surface area contributed by atoms with Gasteiger partial charge in [-0.3, -0.25) is 14.9 Å². The summed E-state index contributed by atoms with van der Waals surface area (Å²) < 4.78 is 0.714. The van der Waals surface area contributed by atoms with Crippen LogP contribution in [0, 0.1) is 19.1 Å². The van der Waals surface area contributed by atoms with Crippen molar-refractivity contribution >= 4 is 34.2 Å². The van der Waals surface area contributed by atoms with E-state index in [0.29, 0.717) is 9.13 Å². The van der Waals surface area contributed by atoms with Crippen LogP contribution in [0.15, 0.2) is 18.2 Å². The largest absolute Gasteiger partial charge is 0.338 e. The van der Waals surface area contributed by atoms with Gasteiger partial charge in [0, 0.05) is 28.8 Å². The summed E-state index contributed by atoms with van der Waals surface area (Å²) in [7, 11) is 1.73. The van der Waals surface area contributed by atoms with Crippen LogP contribution in [0.5, 0.6) is 0 Å². The number of carbonyl (C=O) groups is 1. The first-order valence-corrected chi connectivity index (χ1v) is 7.34. The molecule has 0 aliphatic heterocycles. The van der Waals surface area contributed by atoms with Gasteiger partial charge >= 0.3 is 0 Å². The van der Waals surface area contributed by atoms with Crippen LogP contribution in [-0.4, -0.2) is 28.8 Å². The van der Waals surface area contributed by atoms with Gasteiger partial charge < -0.3 is 4.90 Å². The number of nitrogens with zero attached hydrogens (tertiary/aromatic N) is 2. The summed E-state index contributed by atoms with van der Waals surface area (Å²) in [6.45, 7) is 8.14. The summed E-state index contributed by atoms with van der Waals surface area (Å²) in [5, 5.41) is 10.8. The van der Waals surface area contributed by atoms with Crippen molar-refractivity contribution in [2.45, 2.75) is 33.7 Å². The van der Waals surface area contributed by atoms with Gasteiger partial charge in [-0.15, -0.1) is 0 Å². The van der Waals surface area contributed by atoms with Crippen molar-refractivity contribution in [3.05, 3.63) is 37.4 Å². The minimum Gasteiger partial charge on any atom is -0.338 e. The van der Waals surface area contributed by atoms with Crippen LogP contribution >= 0.6 is 22.6 Å². The highest BCUT2D eigenvalue weighted by Gasteiger charge is 2.29. The number of nitro benzene ring substituents is 1. The van der Waals surface area contributed by atoms with E-state index in [1.165, 1.54) is 12.1 Å². The van der Waals surface area contributed by atoms with Gasteiger partial charge in [0.15, 0.2) is 0 Å². The lowest BCUT2D eigenvalue weighted by Gasteiger charge is -2.35. The van der Waals surface area contributed by atoms with E-state index < -0.39 is 4.92 Å². The average Bonchev–Trinajstić information content (AvgIpc) is 2.35. The number of hydrogen-bond donors (Lipinski definition) is 0. The fourth-order valence-electron chi connectivity index (χ4n) is 1.74. The molecule has 1 rings (SSSR count). The predicted molar refractivity (Wildman–Crippen MR) is 86.8 cm³/mol. The number of amides is 1. The summed E-state index contributed by atoms with van der Waals surface area (Å²) in [5.41, 5.74) is 0.250. The van der Waals surface area contributed by atoms with Crippen LogP contribution in [0.3, 0.4) is 0 Å². The monoisotopic (exact) mass is 390 g/mol. The molecule has 5 nitrogen and oxygen atoms in total. The van der Waals surface area contributed by atoms with Gasteiger partial charge in [-0.1, -0.05) is 20.8 Å². The molecular formula is C14H19IN2O3. The van der Waals surface area contributed by atoms with E-state index >= 15 is 0 Å². The normalized spacial score (nSPS) is 12.9. The summed E-state index contributed by atoms with van der Waals surface area (Å²) in [6.07, 6.45) is 0. The number of carbonyl (C=O) groups excluding carboxylic acids is 1. The molecule has 0 aliphatic carbocycles. The zero-order valence-corrected chi connectivity index (χ0v) is 14.5. The Morgan fingerprint density at radius 3 is 2.40 bits per heavy atom. The van der Waals surface area contributed by atoms with Gasteiger partial charge in [0.2, 0.25) is 0 Å². The topological polar surface area (TPSA) is 63.5 Å². The molecule has 0 fully saturated rings. The lowest BCUT2D eigenvalue weighted by atomic mass is 9.87. The Balaban J connectivity index is 3.15. The van der Waals surface area contributed by atoms with Crippen molar-refractivity contribution in [1.82, 2.24) is 4.90 Å². The third-order valence-electron chi connectivity index (χ3n) is 3.55. The molecule has 0 spiro atoms. The first kappa shape index (κ1) is 16.9. The Hall–Kier alpha value is -1.18. The van der Waals surface area contributed by atoms with E-state index in [2.05, 4.69) is 20.8 Å². The third kappa shape index (κ3) is 3.68. The zero-order valence-electron chi connectivity index (χ0n) is 12.3. The van der Waals surface area contributed by atoms with Crippen LogP contribution < -0.4 is 0 Å². The van der Waals surface area contributed by atoms with Crippen molar-refractivity contribution in [2.75, 3.05) is 7.05 Å². The molecule has 20 heavy (non-hydrogen) atoms. The smallest absolute Gasteiger partial charge is 0.270 e. The molecule has 1 atom stereocenters. The first-order valence-electron chi connectivity index (χ1n) is 6.26. The third-order valence-corrected chi connectivity index (χ3v) is 4.49. The van der Waals surface area contributed by atoms with Gasteiger partial charge in [-0.05, 0) is 41.0 Å². The summed E-state index contributed by atoms with van der Waals surface area (Å²) in [5.74, 6) is -0.194. The van der Waals surface area contributed by atoms with E-state index in [1.54, 1.807) is 18.0 Å². The maximum atomic E-state index is 12.5. The standard InChI is InChI=1S/C14H19IN2O3/c1-9(14(2,3)4)16(5)13(18)11-8-10(17(19)20)6-7-12(11)15/h6-9H,1-5H3. The Morgan fingerprint density at radius 2 is 1.95 bits per heavy atom. The van der Waals surface area contributed by atoms with Gasteiger partial charge in [0.05, 0.1) is 10.5 Å². The van der Waals surface area contributed by atoms with Gasteiger partial charge in [0.25, 0.3) is 11.6 Å². The maximum Gasteiger partial charge on any atom is 0.270 e. The highest BCUT2D eigenvalue weighted by Crippen LogP contribution is 2.26. The fourth-order valence-corrected chi connectivity index (χ4v) is 2.30. The molecule has 0 radical (unpaired) electrons. The molecule has 1 unspecified atom stereocenters. The molecule has 0 aliphatic rings. The van der Waals surface area contributed by atoms with Crippen LogP contribution in [0.4, 0.5) is 5.69 Å². The maximum absolute atomic E-state index is 12.5. The summed E-state index contributed by atoms with van der Waals surface area (Å²) >= 11 is 2.02. The average molecular weight is 390 g/mol. The van der Waals surface area contributed by atoms with Gasteiger partial charge in [-0.25, -0.2) is 0 Å². The quantitative estimate of drug-likeness (QED) is 0.449. The van der Waals surface area contributed by atoms with E-state index in [4.69, 9.17) is 0 Å². The Kier molecular flexibility index (Phi) is 5.12. The SMILES string of the molecule is CC(N(C)C(=O)c1cc([N+](=O)[O-])ccc1I)C(C)(C)C. The van der Waals surface area contributed by atoms with E-state index in [-0.39, 0.29) is 23.1 Å². The molecule has 1 aromatic rings. The van der Waals surface area contributed by atoms with Gasteiger partial charge in [0.1, 0.15) is 0 Å². The zero-order chi connectivity index (χ0) is 15.7. The Morgan fingerprint density at radius 1 is 1.40 bits per heavy atom. The van der Waals surface area contributed by atoms with E-state index in [9.17, 15) is 14.9 Å². The van der Waals surface area contributed by atoms with Crippen molar-refractivity contribution < 1.29 is 9.72 Å². The molecule has 110 valence electrons. The second kappa shape index (κ2) is 6.07. The Labute approximate surface area is 132 Å². The van der Waals surface area contributed by atoms with Crippen molar-refractivity contribution in [3.8, 4) is 0 Å². The molecule has 0 aromatic heterocycles. The molecule has 6 heteroatoms. The lowest BCUT2D eigenvalue weighted by Crippen LogP contribution is -2.43. The minimum absolute atomic E-state index is 0.0186. The number of benzene rings is 1. The van der Waals surface area contributed by atoms with Crippen molar-refractivity contribution in [3.63, 3.8) is 0 Å². The molecule has 0 bridgehead atoms. The Bertz CT molecular complexity index is 538. The second-order valence-corrected chi connectivity index (χ2v) is 7.04. The molecular weight excluding hydrogens is 371 g/mol. The van der Waals surface area contributed by atoms with Crippen molar-refractivity contribution in [1.29, 1.82) is 0 Å². The van der Waals surface area contributed by atoms with Crippen LogP contribution in [0.2, 0.25) is 0 Å². The number of non-ortho nitro benzene ring substituents is 1. The van der Waals surface area contributed by atoms with E-state index in [1.807, 2.05) is 29.5 Å². The molecule has 0 heterocycles. The predicted octanol–water partition coefficient (Wildman–Crippen LogP) is 3.71. The molecule has 0 N–H and O–H groups in total. The molecule has 1 aromatic carbocycles. The van der Waals surface area contributed by atoms with Gasteiger partial charge in [-0.2, -0.15) is 0 Å². The molecule has 0 saturated heterocycles. The number of rotatable bonds is 3. The van der Waals surface area contributed by atoms with Crippen LogP contribution in [0.25, 0.3) is 0 Å². The molecule has 1 amide bonds. The number of hydrogen-bond acceptors (Lipinski definition) is 3. The highest BCUT2D eigenvalue weighted by molar-refractivity contribution is 14.1. The fraction of sp³-hybridized carbons (Fsp3) is 0.500. The molecule has 0 saturated carbocycles. The second-order valence-electron chi connectivity index (χ2n) is 5.88. The first-order chi connectivity index (χ1) is 9.05.